The Morgan fingerprint density at radius 1 is 0.952 bits per heavy atom. The molecule has 7 heteroatoms. The normalized spacial score (nSPS) is 11.1. The van der Waals surface area contributed by atoms with Crippen molar-refractivity contribution in [3.8, 4) is 0 Å². The third kappa shape index (κ3) is 3.41. The van der Waals surface area contributed by atoms with Gasteiger partial charge in [-0.2, -0.15) is 0 Å². The maximum atomic E-state index is 11.9. The first kappa shape index (κ1) is 14.2. The monoisotopic (exact) mass is 286 g/mol. The van der Waals surface area contributed by atoms with Crippen LogP contribution in [0.25, 0.3) is 0 Å². The number of nitrogens with zero attached hydrogens (tertiary/aromatic N) is 2. The molecule has 0 spiro atoms. The average Bonchev–Trinajstić information content (AvgIpc) is 2.47. The Kier molecular flexibility index (Phi) is 3.94. The van der Waals surface area contributed by atoms with E-state index in [2.05, 4.69) is 5.11 Å². The van der Waals surface area contributed by atoms with E-state index in [1.54, 1.807) is 30.3 Å². The highest BCUT2D eigenvalue weighted by Gasteiger charge is 2.16. The van der Waals surface area contributed by atoms with Gasteiger partial charge < -0.3 is 15.4 Å². The van der Waals surface area contributed by atoms with Crippen molar-refractivity contribution in [2.75, 3.05) is 0 Å². The SMILES string of the molecule is O=C(O)c1cc(C(=O)O)cc([N+]([O-])=Nc2ccccc2)c1. The molecule has 21 heavy (non-hydrogen) atoms. The number of carbonyl (C=O) groups is 2. The zero-order chi connectivity index (χ0) is 15.4. The van der Waals surface area contributed by atoms with Crippen LogP contribution in [0, 0.1) is 5.21 Å². The molecule has 0 aromatic heterocycles. The van der Waals surface area contributed by atoms with E-state index in [4.69, 9.17) is 10.2 Å². The second kappa shape index (κ2) is 5.83. The fourth-order valence-corrected chi connectivity index (χ4v) is 1.63. The molecule has 0 bridgehead atoms. The zero-order valence-electron chi connectivity index (χ0n) is 10.6. The quantitative estimate of drug-likeness (QED) is 0.509. The van der Waals surface area contributed by atoms with Crippen LogP contribution in [0.5, 0.6) is 0 Å². The van der Waals surface area contributed by atoms with Gasteiger partial charge in [-0.05, 0) is 18.2 Å². The summed E-state index contributed by atoms with van der Waals surface area (Å²) in [5, 5.41) is 33.5. The van der Waals surface area contributed by atoms with E-state index in [1.807, 2.05) is 0 Å². The van der Waals surface area contributed by atoms with Crippen LogP contribution in [-0.4, -0.2) is 27.0 Å². The van der Waals surface area contributed by atoms with Gasteiger partial charge >= 0.3 is 11.9 Å². The van der Waals surface area contributed by atoms with Crippen LogP contribution < -0.4 is 0 Å². The van der Waals surface area contributed by atoms with Gasteiger partial charge in [0.1, 0.15) is 5.69 Å². The van der Waals surface area contributed by atoms with Gasteiger partial charge in [0.25, 0.3) is 0 Å². The topological polar surface area (TPSA) is 113 Å². The molecule has 7 nitrogen and oxygen atoms in total. The number of rotatable bonds is 4. The minimum Gasteiger partial charge on any atom is -0.594 e. The lowest BCUT2D eigenvalue weighted by molar-refractivity contribution is -0.435. The average molecular weight is 286 g/mol. The van der Waals surface area contributed by atoms with E-state index in [0.717, 1.165) is 18.2 Å². The van der Waals surface area contributed by atoms with Crippen molar-refractivity contribution < 1.29 is 24.7 Å². The van der Waals surface area contributed by atoms with Gasteiger partial charge in [-0.1, -0.05) is 23.1 Å². The number of benzene rings is 2. The molecule has 0 radical (unpaired) electrons. The lowest BCUT2D eigenvalue weighted by Gasteiger charge is -2.03. The Bertz CT molecular complexity index is 693. The van der Waals surface area contributed by atoms with Crippen molar-refractivity contribution in [1.82, 2.24) is 0 Å². The molecule has 0 atom stereocenters. The van der Waals surface area contributed by atoms with Gasteiger partial charge in [-0.3, -0.25) is 0 Å². The van der Waals surface area contributed by atoms with Crippen LogP contribution in [0.4, 0.5) is 11.4 Å². The molecule has 0 aliphatic carbocycles. The lowest BCUT2D eigenvalue weighted by atomic mass is 10.1. The molecular formula is C14H10N2O5. The van der Waals surface area contributed by atoms with Crippen LogP contribution in [0.15, 0.2) is 53.6 Å². The fourth-order valence-electron chi connectivity index (χ4n) is 1.63. The number of carboxylic acids is 2. The molecular weight excluding hydrogens is 276 g/mol. The first-order valence-corrected chi connectivity index (χ1v) is 5.83. The molecule has 0 heterocycles. The van der Waals surface area contributed by atoms with Crippen molar-refractivity contribution in [3.63, 3.8) is 0 Å². The first-order chi connectivity index (χ1) is 9.97. The Morgan fingerprint density at radius 3 is 1.95 bits per heavy atom. The molecule has 2 aromatic rings. The molecule has 0 aliphatic heterocycles. The van der Waals surface area contributed by atoms with Crippen molar-refractivity contribution in [1.29, 1.82) is 0 Å². The van der Waals surface area contributed by atoms with Gasteiger partial charge in [0.05, 0.1) is 11.1 Å². The molecule has 0 saturated carbocycles. The minimum atomic E-state index is -1.33. The summed E-state index contributed by atoms with van der Waals surface area (Å²) in [6.45, 7) is 0. The van der Waals surface area contributed by atoms with Gasteiger partial charge in [-0.25, -0.2) is 9.59 Å². The second-order valence-corrected chi connectivity index (χ2v) is 4.09. The summed E-state index contributed by atoms with van der Waals surface area (Å²) < 4.78 is 0. The minimum absolute atomic E-state index is 0.170. The second-order valence-electron chi connectivity index (χ2n) is 4.09. The van der Waals surface area contributed by atoms with Crippen molar-refractivity contribution >= 4 is 23.3 Å². The molecule has 2 aromatic carbocycles. The van der Waals surface area contributed by atoms with Gasteiger partial charge in [0.15, 0.2) is 0 Å². The molecule has 2 rings (SSSR count). The molecule has 0 unspecified atom stereocenters. The van der Waals surface area contributed by atoms with Crippen LogP contribution in [0.1, 0.15) is 20.7 Å². The summed E-state index contributed by atoms with van der Waals surface area (Å²) in [6.07, 6.45) is 0. The largest absolute Gasteiger partial charge is 0.594 e. The fraction of sp³-hybridized carbons (Fsp3) is 0. The van der Waals surface area contributed by atoms with E-state index in [9.17, 15) is 14.8 Å². The number of azo groups is 1. The zero-order valence-corrected chi connectivity index (χ0v) is 10.6. The predicted octanol–water partition coefficient (Wildman–Crippen LogP) is 3.01. The maximum Gasteiger partial charge on any atom is 0.335 e. The van der Waals surface area contributed by atoms with Crippen molar-refractivity contribution in [2.45, 2.75) is 0 Å². The molecule has 0 amide bonds. The third-order valence-corrected chi connectivity index (χ3v) is 2.60. The van der Waals surface area contributed by atoms with Crippen LogP contribution in [0.3, 0.4) is 0 Å². The van der Waals surface area contributed by atoms with Crippen molar-refractivity contribution in [2.24, 2.45) is 5.11 Å². The third-order valence-electron chi connectivity index (χ3n) is 2.60. The van der Waals surface area contributed by atoms with E-state index in [0.29, 0.717) is 5.69 Å². The Balaban J connectivity index is 2.50. The van der Waals surface area contributed by atoms with E-state index in [-0.39, 0.29) is 21.7 Å². The summed E-state index contributed by atoms with van der Waals surface area (Å²) in [7, 11) is 0. The van der Waals surface area contributed by atoms with E-state index < -0.39 is 11.9 Å². The van der Waals surface area contributed by atoms with Gasteiger partial charge in [-0.15, -0.1) is 0 Å². The van der Waals surface area contributed by atoms with Crippen LogP contribution in [0.2, 0.25) is 0 Å². The van der Waals surface area contributed by atoms with Crippen LogP contribution >= 0.6 is 0 Å². The predicted molar refractivity (Wildman–Crippen MR) is 72.2 cm³/mol. The van der Waals surface area contributed by atoms with Crippen LogP contribution in [-0.2, 0) is 0 Å². The van der Waals surface area contributed by atoms with E-state index >= 15 is 0 Å². The Morgan fingerprint density at radius 2 is 1.48 bits per heavy atom. The summed E-state index contributed by atoms with van der Waals surface area (Å²) in [4.78, 5) is 22.1. The maximum absolute atomic E-state index is 11.9. The molecule has 106 valence electrons. The lowest BCUT2D eigenvalue weighted by Crippen LogP contribution is -2.04. The summed E-state index contributed by atoms with van der Waals surface area (Å²) in [5.41, 5.74) is -0.399. The summed E-state index contributed by atoms with van der Waals surface area (Å²) >= 11 is 0. The summed E-state index contributed by atoms with van der Waals surface area (Å²) in [6, 6.07) is 11.4. The standard InChI is InChI=1S/C14H10N2O5/c17-13(18)9-6-10(14(19)20)8-12(7-9)16(21)15-11-4-2-1-3-5-11/h1-8H,(H,17,18)(H,19,20). The summed E-state index contributed by atoms with van der Waals surface area (Å²) in [5.74, 6) is -2.65. The van der Waals surface area contributed by atoms with Crippen molar-refractivity contribution in [3.05, 3.63) is 64.9 Å². The molecule has 0 fully saturated rings. The first-order valence-electron chi connectivity index (χ1n) is 5.83. The highest BCUT2D eigenvalue weighted by molar-refractivity contribution is 5.94. The van der Waals surface area contributed by atoms with Gasteiger partial charge in [0, 0.05) is 17.2 Å². The number of aromatic carboxylic acids is 2. The number of hydrogen-bond acceptors (Lipinski definition) is 4. The number of carboxylic acid groups (broad SMARTS) is 2. The molecule has 2 N–H and O–H groups in total. The highest BCUT2D eigenvalue weighted by atomic mass is 16.5. The Labute approximate surface area is 119 Å². The Hall–Kier alpha value is -3.22. The van der Waals surface area contributed by atoms with E-state index in [1.165, 1.54) is 0 Å². The smallest absolute Gasteiger partial charge is 0.335 e. The molecule has 0 aliphatic rings. The highest BCUT2D eigenvalue weighted by Crippen LogP contribution is 2.21. The number of hydrogen-bond donors (Lipinski definition) is 2. The van der Waals surface area contributed by atoms with Gasteiger partial charge in [0.2, 0.25) is 5.69 Å². The molecule has 0 saturated heterocycles.